The van der Waals surface area contributed by atoms with Crippen LogP contribution in [0.25, 0.3) is 0 Å². The molecule has 0 amide bonds. The molecule has 1 aliphatic heterocycles. The predicted molar refractivity (Wildman–Crippen MR) is 88.5 cm³/mol. The van der Waals surface area contributed by atoms with Crippen LogP contribution in [0.5, 0.6) is 0 Å². The standard InChI is InChI=1S/C17H26N2S/c1-14(12-18-17-6-7-17)16-4-2-15(3-5-16)13-19-8-10-20-11-9-19/h2-5,14,17-18H,6-13H2,1H3. The van der Waals surface area contributed by atoms with Crippen molar-refractivity contribution in [3.8, 4) is 0 Å². The summed E-state index contributed by atoms with van der Waals surface area (Å²) in [4.78, 5) is 2.57. The van der Waals surface area contributed by atoms with Crippen LogP contribution in [-0.2, 0) is 6.54 Å². The summed E-state index contributed by atoms with van der Waals surface area (Å²) in [6, 6.07) is 10.1. The maximum Gasteiger partial charge on any atom is 0.0234 e. The first kappa shape index (κ1) is 14.4. The molecular weight excluding hydrogens is 264 g/mol. The van der Waals surface area contributed by atoms with Crippen molar-refractivity contribution < 1.29 is 0 Å². The third-order valence-corrected chi connectivity index (χ3v) is 5.29. The molecule has 110 valence electrons. The average Bonchev–Trinajstić information content (AvgIpc) is 3.31. The maximum atomic E-state index is 3.62. The molecule has 1 aromatic carbocycles. The van der Waals surface area contributed by atoms with E-state index in [4.69, 9.17) is 0 Å². The Morgan fingerprint density at radius 2 is 1.90 bits per heavy atom. The maximum absolute atomic E-state index is 3.62. The van der Waals surface area contributed by atoms with E-state index in [0.717, 1.165) is 19.1 Å². The lowest BCUT2D eigenvalue weighted by atomic mass is 9.99. The van der Waals surface area contributed by atoms with E-state index in [1.165, 1.54) is 48.6 Å². The summed E-state index contributed by atoms with van der Waals surface area (Å²) in [5.74, 6) is 3.21. The number of hydrogen-bond donors (Lipinski definition) is 1. The highest BCUT2D eigenvalue weighted by molar-refractivity contribution is 7.99. The van der Waals surface area contributed by atoms with Crippen LogP contribution in [0.4, 0.5) is 0 Å². The van der Waals surface area contributed by atoms with Crippen LogP contribution >= 0.6 is 11.8 Å². The second kappa shape index (κ2) is 6.97. The van der Waals surface area contributed by atoms with Crippen LogP contribution in [-0.4, -0.2) is 42.1 Å². The van der Waals surface area contributed by atoms with Crippen LogP contribution in [0.1, 0.15) is 36.8 Å². The molecule has 0 aromatic heterocycles. The summed E-state index contributed by atoms with van der Waals surface area (Å²) in [5, 5.41) is 3.62. The third kappa shape index (κ3) is 4.24. The van der Waals surface area contributed by atoms with E-state index in [0.29, 0.717) is 5.92 Å². The van der Waals surface area contributed by atoms with Gasteiger partial charge in [-0.25, -0.2) is 0 Å². The SMILES string of the molecule is CC(CNC1CC1)c1ccc(CN2CCSCC2)cc1. The first-order chi connectivity index (χ1) is 9.81. The molecule has 20 heavy (non-hydrogen) atoms. The number of nitrogens with one attached hydrogen (secondary N) is 1. The zero-order chi connectivity index (χ0) is 13.8. The van der Waals surface area contributed by atoms with Gasteiger partial charge in [-0.05, 0) is 29.9 Å². The zero-order valence-corrected chi connectivity index (χ0v) is 13.3. The van der Waals surface area contributed by atoms with Crippen LogP contribution in [0.15, 0.2) is 24.3 Å². The normalized spacial score (nSPS) is 21.9. The van der Waals surface area contributed by atoms with Gasteiger partial charge in [-0.15, -0.1) is 0 Å². The lowest BCUT2D eigenvalue weighted by Crippen LogP contribution is -2.31. The van der Waals surface area contributed by atoms with Gasteiger partial charge < -0.3 is 5.32 Å². The summed E-state index contributed by atoms with van der Waals surface area (Å²) < 4.78 is 0. The van der Waals surface area contributed by atoms with Crippen molar-refractivity contribution in [3.05, 3.63) is 35.4 Å². The second-order valence-electron chi connectivity index (χ2n) is 6.21. The van der Waals surface area contributed by atoms with Gasteiger partial charge in [0.1, 0.15) is 0 Å². The highest BCUT2D eigenvalue weighted by atomic mass is 32.2. The first-order valence-electron chi connectivity index (χ1n) is 7.93. The summed E-state index contributed by atoms with van der Waals surface area (Å²) in [6.07, 6.45) is 2.75. The quantitative estimate of drug-likeness (QED) is 0.867. The fourth-order valence-electron chi connectivity index (χ4n) is 2.72. The molecule has 3 rings (SSSR count). The lowest BCUT2D eigenvalue weighted by Gasteiger charge is -2.26. The number of benzene rings is 1. The minimum absolute atomic E-state index is 0.621. The Labute approximate surface area is 127 Å². The van der Waals surface area contributed by atoms with Gasteiger partial charge in [-0.3, -0.25) is 4.90 Å². The summed E-state index contributed by atoms with van der Waals surface area (Å²) in [7, 11) is 0. The van der Waals surface area contributed by atoms with Crippen molar-refractivity contribution in [2.75, 3.05) is 31.1 Å². The summed E-state index contributed by atoms with van der Waals surface area (Å²) in [5.41, 5.74) is 2.93. The average molecular weight is 290 g/mol. The molecule has 1 unspecified atom stereocenters. The monoisotopic (exact) mass is 290 g/mol. The molecule has 0 spiro atoms. The van der Waals surface area contributed by atoms with Gasteiger partial charge in [-0.2, -0.15) is 11.8 Å². The minimum Gasteiger partial charge on any atom is -0.313 e. The number of thioether (sulfide) groups is 1. The van der Waals surface area contributed by atoms with Crippen LogP contribution < -0.4 is 5.32 Å². The molecule has 1 N–H and O–H groups in total. The van der Waals surface area contributed by atoms with Gasteiger partial charge >= 0.3 is 0 Å². The first-order valence-corrected chi connectivity index (χ1v) is 9.09. The van der Waals surface area contributed by atoms with Crippen LogP contribution in [0.2, 0.25) is 0 Å². The third-order valence-electron chi connectivity index (χ3n) is 4.35. The number of rotatable bonds is 6. The molecule has 1 aromatic rings. The molecule has 0 bridgehead atoms. The van der Waals surface area contributed by atoms with Gasteiger partial charge in [0, 0.05) is 43.7 Å². The highest BCUT2D eigenvalue weighted by Crippen LogP contribution is 2.21. The Morgan fingerprint density at radius 3 is 2.55 bits per heavy atom. The van der Waals surface area contributed by atoms with E-state index in [1.54, 1.807) is 0 Å². The van der Waals surface area contributed by atoms with Gasteiger partial charge in [0.05, 0.1) is 0 Å². The van der Waals surface area contributed by atoms with E-state index in [9.17, 15) is 0 Å². The smallest absolute Gasteiger partial charge is 0.0234 e. The van der Waals surface area contributed by atoms with Gasteiger partial charge in [-0.1, -0.05) is 31.2 Å². The molecule has 0 radical (unpaired) electrons. The topological polar surface area (TPSA) is 15.3 Å². The Balaban J connectivity index is 1.50. The molecule has 1 atom stereocenters. The van der Waals surface area contributed by atoms with E-state index >= 15 is 0 Å². The zero-order valence-electron chi connectivity index (χ0n) is 12.5. The second-order valence-corrected chi connectivity index (χ2v) is 7.44. The van der Waals surface area contributed by atoms with Gasteiger partial charge in [0.25, 0.3) is 0 Å². The Kier molecular flexibility index (Phi) is 5.03. The molecule has 1 aliphatic carbocycles. The van der Waals surface area contributed by atoms with Gasteiger partial charge in [0.15, 0.2) is 0 Å². The minimum atomic E-state index is 0.621. The van der Waals surface area contributed by atoms with Crippen molar-refractivity contribution in [2.45, 2.75) is 38.3 Å². The van der Waals surface area contributed by atoms with Crippen molar-refractivity contribution in [2.24, 2.45) is 0 Å². The molecule has 2 aliphatic rings. The molecule has 2 nitrogen and oxygen atoms in total. The fourth-order valence-corrected chi connectivity index (χ4v) is 3.70. The number of nitrogens with zero attached hydrogens (tertiary/aromatic N) is 1. The molecule has 1 saturated carbocycles. The molecule has 1 saturated heterocycles. The predicted octanol–water partition coefficient (Wildman–Crippen LogP) is 3.09. The van der Waals surface area contributed by atoms with E-state index in [-0.39, 0.29) is 0 Å². The molecule has 1 heterocycles. The van der Waals surface area contributed by atoms with Crippen molar-refractivity contribution in [3.63, 3.8) is 0 Å². The Bertz CT molecular complexity index is 408. The van der Waals surface area contributed by atoms with E-state index < -0.39 is 0 Å². The van der Waals surface area contributed by atoms with Gasteiger partial charge in [0.2, 0.25) is 0 Å². The Hall–Kier alpha value is -0.510. The molecular formula is C17H26N2S. The van der Waals surface area contributed by atoms with E-state index in [2.05, 4.69) is 53.2 Å². The van der Waals surface area contributed by atoms with Crippen molar-refractivity contribution in [1.82, 2.24) is 10.2 Å². The number of hydrogen-bond acceptors (Lipinski definition) is 3. The van der Waals surface area contributed by atoms with Crippen molar-refractivity contribution in [1.29, 1.82) is 0 Å². The Morgan fingerprint density at radius 1 is 1.20 bits per heavy atom. The van der Waals surface area contributed by atoms with Crippen LogP contribution in [0.3, 0.4) is 0 Å². The summed E-state index contributed by atoms with van der Waals surface area (Å²) >= 11 is 2.08. The van der Waals surface area contributed by atoms with E-state index in [1.807, 2.05) is 0 Å². The van der Waals surface area contributed by atoms with Crippen LogP contribution in [0, 0.1) is 0 Å². The largest absolute Gasteiger partial charge is 0.313 e. The fraction of sp³-hybridized carbons (Fsp3) is 0.647. The molecule has 3 heteroatoms. The highest BCUT2D eigenvalue weighted by Gasteiger charge is 2.21. The van der Waals surface area contributed by atoms with Crippen molar-refractivity contribution >= 4 is 11.8 Å². The molecule has 2 fully saturated rings. The summed E-state index contributed by atoms with van der Waals surface area (Å²) in [6.45, 7) is 7.05. The lowest BCUT2D eigenvalue weighted by molar-refractivity contribution is 0.294.